The lowest BCUT2D eigenvalue weighted by Gasteiger charge is -2.20. The van der Waals surface area contributed by atoms with Gasteiger partial charge in [0.25, 0.3) is 0 Å². The van der Waals surface area contributed by atoms with Crippen molar-refractivity contribution in [2.75, 3.05) is 13.2 Å². The predicted molar refractivity (Wildman–Crippen MR) is 85.2 cm³/mol. The van der Waals surface area contributed by atoms with Crippen LogP contribution in [0.2, 0.25) is 0 Å². The third-order valence-corrected chi connectivity index (χ3v) is 3.22. The van der Waals surface area contributed by atoms with Gasteiger partial charge in [0.05, 0.1) is 18.3 Å². The first-order valence-electron chi connectivity index (χ1n) is 7.73. The molecule has 0 aromatic carbocycles. The first-order chi connectivity index (χ1) is 10.8. The molecule has 1 amide bonds. The molecule has 0 saturated carbocycles. The fourth-order valence-electron chi connectivity index (χ4n) is 2.14. The number of aliphatic carboxylic acids is 1. The van der Waals surface area contributed by atoms with Gasteiger partial charge in [-0.15, -0.1) is 0 Å². The molecule has 2 atom stereocenters. The van der Waals surface area contributed by atoms with E-state index in [0.717, 1.165) is 6.42 Å². The smallest absolute Gasteiger partial charge is 0.327 e. The van der Waals surface area contributed by atoms with E-state index in [4.69, 9.17) is 15.6 Å². The molecule has 1 rings (SSSR count). The van der Waals surface area contributed by atoms with Crippen molar-refractivity contribution in [1.29, 1.82) is 0 Å². The van der Waals surface area contributed by atoms with Crippen LogP contribution in [0.25, 0.3) is 0 Å². The topological polar surface area (TPSA) is 119 Å². The monoisotopic (exact) mass is 326 g/mol. The highest BCUT2D eigenvalue weighted by Crippen LogP contribution is 2.06. The van der Waals surface area contributed by atoms with Gasteiger partial charge in [-0.25, -0.2) is 9.78 Å². The number of nitrogens with zero attached hydrogens (tertiary/aromatic N) is 2. The van der Waals surface area contributed by atoms with Crippen molar-refractivity contribution in [3.8, 4) is 0 Å². The highest BCUT2D eigenvalue weighted by molar-refractivity contribution is 5.77. The van der Waals surface area contributed by atoms with Crippen molar-refractivity contribution in [3.05, 3.63) is 18.2 Å². The van der Waals surface area contributed by atoms with E-state index >= 15 is 0 Å². The molecule has 0 radical (unpaired) electrons. The van der Waals surface area contributed by atoms with Crippen molar-refractivity contribution in [2.24, 2.45) is 11.7 Å². The van der Waals surface area contributed by atoms with Gasteiger partial charge in [0.1, 0.15) is 12.4 Å². The van der Waals surface area contributed by atoms with Gasteiger partial charge in [-0.2, -0.15) is 0 Å². The Labute approximate surface area is 136 Å². The van der Waals surface area contributed by atoms with E-state index < -0.39 is 12.0 Å². The summed E-state index contributed by atoms with van der Waals surface area (Å²) in [6.45, 7) is 7.10. The molecule has 4 N–H and O–H groups in total. The Balaban J connectivity index is 2.64. The lowest BCUT2D eigenvalue weighted by molar-refractivity contribution is -0.138. The van der Waals surface area contributed by atoms with Gasteiger partial charge in [0.15, 0.2) is 0 Å². The number of nitrogens with one attached hydrogen (secondary N) is 1. The van der Waals surface area contributed by atoms with E-state index in [1.807, 2.05) is 6.92 Å². The standard InChI is InChI=1S/C15H26N4O4/c1-4-23-8-12(5-10(2)3)18-15(22)19-7-11(17-9-19)6-13(16)14(20)21/h7,9-10,12-13H,4-6,8,16H2,1-3H3,(H,18,22)(H,20,21)/t12?,13-/m0/s1. The third kappa shape index (κ3) is 6.79. The molecule has 0 spiro atoms. The first-order valence-corrected chi connectivity index (χ1v) is 7.73. The Morgan fingerprint density at radius 3 is 2.74 bits per heavy atom. The van der Waals surface area contributed by atoms with Crippen LogP contribution in [-0.4, -0.2) is 52.0 Å². The number of aromatic nitrogens is 2. The number of carbonyl (C=O) groups excluding carboxylic acids is 1. The summed E-state index contributed by atoms with van der Waals surface area (Å²) in [5, 5.41) is 11.7. The number of hydrogen-bond acceptors (Lipinski definition) is 5. The Bertz CT molecular complexity index is 515. The van der Waals surface area contributed by atoms with Crippen LogP contribution in [0.15, 0.2) is 12.5 Å². The quantitative estimate of drug-likeness (QED) is 0.619. The zero-order valence-electron chi connectivity index (χ0n) is 13.9. The molecule has 0 aliphatic rings. The van der Waals surface area contributed by atoms with E-state index in [2.05, 4.69) is 24.1 Å². The second-order valence-corrected chi connectivity index (χ2v) is 5.86. The fraction of sp³-hybridized carbons (Fsp3) is 0.667. The van der Waals surface area contributed by atoms with Gasteiger partial charge < -0.3 is 20.9 Å². The second-order valence-electron chi connectivity index (χ2n) is 5.86. The van der Waals surface area contributed by atoms with Gasteiger partial charge in [-0.3, -0.25) is 9.36 Å². The summed E-state index contributed by atoms with van der Waals surface area (Å²) in [5.41, 5.74) is 5.92. The molecule has 0 aliphatic carbocycles. The van der Waals surface area contributed by atoms with Crippen LogP contribution >= 0.6 is 0 Å². The average molecular weight is 326 g/mol. The van der Waals surface area contributed by atoms with Crippen LogP contribution < -0.4 is 11.1 Å². The first kappa shape index (κ1) is 19.1. The molecule has 0 bridgehead atoms. The summed E-state index contributed by atoms with van der Waals surface area (Å²) in [6.07, 6.45) is 3.72. The molecule has 0 aliphatic heterocycles. The van der Waals surface area contributed by atoms with Gasteiger partial charge in [-0.05, 0) is 19.3 Å². The minimum Gasteiger partial charge on any atom is -0.480 e. The van der Waals surface area contributed by atoms with E-state index in [0.29, 0.717) is 24.8 Å². The molecule has 0 saturated heterocycles. The van der Waals surface area contributed by atoms with Crippen molar-refractivity contribution in [1.82, 2.24) is 14.9 Å². The number of carbonyl (C=O) groups is 2. The lowest BCUT2D eigenvalue weighted by atomic mass is 10.0. The fourth-order valence-corrected chi connectivity index (χ4v) is 2.14. The summed E-state index contributed by atoms with van der Waals surface area (Å²) in [4.78, 5) is 27.0. The number of nitrogens with two attached hydrogens (primary N) is 1. The third-order valence-electron chi connectivity index (χ3n) is 3.22. The molecule has 8 heteroatoms. The molecule has 130 valence electrons. The summed E-state index contributed by atoms with van der Waals surface area (Å²) in [5.74, 6) is -0.676. The lowest BCUT2D eigenvalue weighted by Crippen LogP contribution is -2.41. The van der Waals surface area contributed by atoms with Crippen LogP contribution in [-0.2, 0) is 16.0 Å². The molecule has 1 aromatic heterocycles. The van der Waals surface area contributed by atoms with Crippen LogP contribution in [0.3, 0.4) is 0 Å². The number of hydrogen-bond donors (Lipinski definition) is 3. The highest BCUT2D eigenvalue weighted by Gasteiger charge is 2.18. The Kier molecular flexibility index (Phi) is 7.70. The van der Waals surface area contributed by atoms with Crippen LogP contribution in [0.4, 0.5) is 4.79 Å². The average Bonchev–Trinajstić information content (AvgIpc) is 2.92. The molecule has 1 heterocycles. The number of ether oxygens (including phenoxy) is 1. The summed E-state index contributed by atoms with van der Waals surface area (Å²) in [7, 11) is 0. The number of imidazole rings is 1. The Morgan fingerprint density at radius 2 is 2.17 bits per heavy atom. The normalized spacial score (nSPS) is 13.8. The van der Waals surface area contributed by atoms with E-state index in [1.54, 1.807) is 0 Å². The molecular formula is C15H26N4O4. The highest BCUT2D eigenvalue weighted by atomic mass is 16.5. The number of amides is 1. The van der Waals surface area contributed by atoms with E-state index in [1.165, 1.54) is 17.1 Å². The van der Waals surface area contributed by atoms with Gasteiger partial charge in [0.2, 0.25) is 0 Å². The molecule has 1 unspecified atom stereocenters. The van der Waals surface area contributed by atoms with Crippen LogP contribution in [0.5, 0.6) is 0 Å². The summed E-state index contributed by atoms with van der Waals surface area (Å²) < 4.78 is 6.69. The summed E-state index contributed by atoms with van der Waals surface area (Å²) in [6, 6.07) is -1.44. The van der Waals surface area contributed by atoms with Gasteiger partial charge >= 0.3 is 12.0 Å². The number of carboxylic acid groups (broad SMARTS) is 1. The largest absolute Gasteiger partial charge is 0.480 e. The van der Waals surface area contributed by atoms with Gasteiger partial charge in [-0.1, -0.05) is 13.8 Å². The molecule has 0 fully saturated rings. The Hall–Kier alpha value is -1.93. The molecule has 8 nitrogen and oxygen atoms in total. The van der Waals surface area contributed by atoms with Crippen molar-refractivity contribution < 1.29 is 19.4 Å². The number of carboxylic acids is 1. The van der Waals surface area contributed by atoms with Crippen LogP contribution in [0, 0.1) is 5.92 Å². The molecular weight excluding hydrogens is 300 g/mol. The van der Waals surface area contributed by atoms with Crippen molar-refractivity contribution >= 4 is 12.0 Å². The minimum atomic E-state index is -1.10. The van der Waals surface area contributed by atoms with Crippen molar-refractivity contribution in [3.63, 3.8) is 0 Å². The van der Waals surface area contributed by atoms with Crippen LogP contribution in [0.1, 0.15) is 32.9 Å². The predicted octanol–water partition coefficient (Wildman–Crippen LogP) is 0.846. The maximum absolute atomic E-state index is 12.2. The molecule has 1 aromatic rings. The zero-order valence-corrected chi connectivity index (χ0v) is 13.9. The molecule has 23 heavy (non-hydrogen) atoms. The SMILES string of the molecule is CCOCC(CC(C)C)NC(=O)n1cnc(C[C@H](N)C(=O)O)c1. The van der Waals surface area contributed by atoms with E-state index in [9.17, 15) is 9.59 Å². The van der Waals surface area contributed by atoms with Gasteiger partial charge in [0, 0.05) is 19.2 Å². The maximum atomic E-state index is 12.2. The second kappa shape index (κ2) is 9.26. The zero-order chi connectivity index (χ0) is 17.4. The maximum Gasteiger partial charge on any atom is 0.327 e. The summed E-state index contributed by atoms with van der Waals surface area (Å²) >= 11 is 0. The Morgan fingerprint density at radius 1 is 1.48 bits per heavy atom. The minimum absolute atomic E-state index is 0.0734. The van der Waals surface area contributed by atoms with Crippen molar-refractivity contribution in [2.45, 2.75) is 45.7 Å². The van der Waals surface area contributed by atoms with E-state index in [-0.39, 0.29) is 18.5 Å². The number of rotatable bonds is 9.